The number of para-hydroxylation sites is 2. The highest BCUT2D eigenvalue weighted by atomic mass is 79.9. The number of benzene rings is 4. The highest BCUT2D eigenvalue weighted by Crippen LogP contribution is 2.46. The molecule has 4 aromatic carbocycles. The molecule has 0 saturated heterocycles. The fourth-order valence-corrected chi connectivity index (χ4v) is 6.01. The van der Waals surface area contributed by atoms with E-state index in [1.807, 2.05) is 60.7 Å². The minimum absolute atomic E-state index is 0.00905. The maximum atomic E-state index is 13.5. The summed E-state index contributed by atoms with van der Waals surface area (Å²) in [5, 5.41) is 14.3. The van der Waals surface area contributed by atoms with Crippen molar-refractivity contribution in [3.8, 4) is 0 Å². The highest BCUT2D eigenvalue weighted by molar-refractivity contribution is 9.10. The molecule has 1 N–H and O–H groups in total. The van der Waals surface area contributed by atoms with Crippen LogP contribution in [0.3, 0.4) is 0 Å². The van der Waals surface area contributed by atoms with Crippen molar-refractivity contribution < 1.29 is 14.5 Å². The second-order valence-corrected chi connectivity index (χ2v) is 11.2. The van der Waals surface area contributed by atoms with E-state index in [4.69, 9.17) is 0 Å². The molecule has 1 heterocycles. The quantitative estimate of drug-likeness (QED) is 0.181. The molecule has 196 valence electrons. The predicted octanol–water partition coefficient (Wildman–Crippen LogP) is 7.06. The van der Waals surface area contributed by atoms with Gasteiger partial charge in [-0.2, -0.15) is 0 Å². The first-order chi connectivity index (χ1) is 18.9. The number of carbonyl (C=O) groups excluding carboxylic acids is 2. The Hall–Kier alpha value is -3.95. The summed E-state index contributed by atoms with van der Waals surface area (Å²) in [7, 11) is 0. The summed E-state index contributed by atoms with van der Waals surface area (Å²) in [5.41, 5.74) is 3.68. The monoisotopic (exact) mass is 601 g/mol. The third-order valence-electron chi connectivity index (χ3n) is 6.51. The second kappa shape index (κ2) is 11.8. The average Bonchev–Trinajstić information content (AvgIpc) is 3.09. The third-order valence-corrected chi connectivity index (χ3v) is 8.37. The van der Waals surface area contributed by atoms with Crippen molar-refractivity contribution in [2.45, 2.75) is 29.7 Å². The summed E-state index contributed by atoms with van der Waals surface area (Å²) in [6.07, 6.45) is 0.217. The van der Waals surface area contributed by atoms with E-state index in [2.05, 4.69) is 21.2 Å². The van der Waals surface area contributed by atoms with E-state index >= 15 is 0 Å². The van der Waals surface area contributed by atoms with Crippen molar-refractivity contribution in [3.05, 3.63) is 134 Å². The first-order valence-corrected chi connectivity index (χ1v) is 14.0. The smallest absolute Gasteiger partial charge is 0.274 e. The number of nitro groups is 1. The number of thioether (sulfide) groups is 1. The van der Waals surface area contributed by atoms with Gasteiger partial charge >= 0.3 is 0 Å². The number of amides is 2. The minimum Gasteiger partial charge on any atom is -0.348 e. The van der Waals surface area contributed by atoms with Gasteiger partial charge in [0.05, 0.1) is 17.2 Å². The zero-order valence-corrected chi connectivity index (χ0v) is 23.2. The zero-order chi connectivity index (χ0) is 27.4. The molecule has 0 saturated carbocycles. The average molecular weight is 603 g/mol. The summed E-state index contributed by atoms with van der Waals surface area (Å²) in [6, 6.07) is 29.2. The second-order valence-electron chi connectivity index (χ2n) is 9.08. The molecule has 2 amide bonds. The fraction of sp³-hybridized carbons (Fsp3) is 0.133. The molecule has 1 atom stereocenters. The van der Waals surface area contributed by atoms with Crippen molar-refractivity contribution >= 4 is 50.9 Å². The molecule has 39 heavy (non-hydrogen) atoms. The minimum atomic E-state index is -0.419. The van der Waals surface area contributed by atoms with Gasteiger partial charge in [-0.1, -0.05) is 70.5 Å². The summed E-state index contributed by atoms with van der Waals surface area (Å²) < 4.78 is 0.982. The van der Waals surface area contributed by atoms with Gasteiger partial charge in [-0.25, -0.2) is 0 Å². The Balaban J connectivity index is 1.33. The number of hydrogen-bond donors (Lipinski definition) is 1. The Labute approximate surface area is 238 Å². The molecule has 0 radical (unpaired) electrons. The van der Waals surface area contributed by atoms with Gasteiger partial charge in [-0.3, -0.25) is 19.7 Å². The number of nitro benzene ring substituents is 1. The van der Waals surface area contributed by atoms with Crippen LogP contribution in [0.4, 0.5) is 11.4 Å². The van der Waals surface area contributed by atoms with Crippen molar-refractivity contribution in [2.75, 3.05) is 4.90 Å². The van der Waals surface area contributed by atoms with E-state index in [0.717, 1.165) is 26.2 Å². The van der Waals surface area contributed by atoms with Crippen molar-refractivity contribution in [1.29, 1.82) is 0 Å². The van der Waals surface area contributed by atoms with Gasteiger partial charge in [-0.05, 0) is 47.5 Å². The molecule has 5 rings (SSSR count). The number of rotatable bonds is 7. The Morgan fingerprint density at radius 2 is 1.67 bits per heavy atom. The molecule has 1 aliphatic rings. The number of nitrogens with one attached hydrogen (secondary N) is 1. The predicted molar refractivity (Wildman–Crippen MR) is 156 cm³/mol. The van der Waals surface area contributed by atoms with Crippen molar-refractivity contribution in [2.24, 2.45) is 0 Å². The number of fused-ring (bicyclic) bond motifs is 1. The lowest BCUT2D eigenvalue weighted by Crippen LogP contribution is -2.30. The lowest BCUT2D eigenvalue weighted by molar-refractivity contribution is -0.385. The molecule has 0 aromatic heterocycles. The van der Waals surface area contributed by atoms with Crippen LogP contribution < -0.4 is 10.2 Å². The molecule has 9 heteroatoms. The van der Waals surface area contributed by atoms with Gasteiger partial charge in [-0.15, -0.1) is 11.8 Å². The Kier molecular flexibility index (Phi) is 8.09. The lowest BCUT2D eigenvalue weighted by Gasteiger charge is -2.22. The summed E-state index contributed by atoms with van der Waals surface area (Å²) in [4.78, 5) is 39.9. The summed E-state index contributed by atoms with van der Waals surface area (Å²) >= 11 is 4.99. The fourth-order valence-electron chi connectivity index (χ4n) is 4.47. The zero-order valence-electron chi connectivity index (χ0n) is 20.7. The van der Waals surface area contributed by atoms with Crippen LogP contribution in [0.15, 0.2) is 106 Å². The van der Waals surface area contributed by atoms with Crippen molar-refractivity contribution in [3.63, 3.8) is 0 Å². The summed E-state index contributed by atoms with van der Waals surface area (Å²) in [5.74, 6) is -0.290. The van der Waals surface area contributed by atoms with Crippen LogP contribution in [0.1, 0.15) is 38.7 Å². The molecule has 4 aromatic rings. The molecule has 0 fully saturated rings. The Bertz CT molecular complexity index is 1530. The summed E-state index contributed by atoms with van der Waals surface area (Å²) in [6.45, 7) is 0.533. The van der Waals surface area contributed by atoms with E-state index in [1.54, 1.807) is 47.0 Å². The standard InChI is InChI=1S/C30H24BrN3O4S/c31-24-15-9-20(10-16-24)18-32-30(36)22-13-11-21(12-14-22)28-17-29(35)33(26-7-3-4-8-27(26)39-28)19-23-5-1-2-6-25(23)34(37)38/h1-16,28H,17-19H2,(H,32,36). The van der Waals surface area contributed by atoms with Crippen LogP contribution in [-0.4, -0.2) is 16.7 Å². The number of nitrogens with zero attached hydrogens (tertiary/aromatic N) is 2. The topological polar surface area (TPSA) is 92.6 Å². The van der Waals surface area contributed by atoms with E-state index in [1.165, 1.54) is 6.07 Å². The molecule has 7 nitrogen and oxygen atoms in total. The van der Waals surface area contributed by atoms with Gasteiger partial charge in [0.15, 0.2) is 0 Å². The van der Waals surface area contributed by atoms with Gasteiger partial charge in [0.2, 0.25) is 5.91 Å². The van der Waals surface area contributed by atoms with Gasteiger partial charge in [0.25, 0.3) is 11.6 Å². The Morgan fingerprint density at radius 3 is 2.41 bits per heavy atom. The molecule has 0 spiro atoms. The van der Waals surface area contributed by atoms with Crippen molar-refractivity contribution in [1.82, 2.24) is 5.32 Å². The number of carbonyl (C=O) groups is 2. The number of hydrogen-bond acceptors (Lipinski definition) is 5. The van der Waals surface area contributed by atoms with Crippen LogP contribution in [0, 0.1) is 10.1 Å². The van der Waals surface area contributed by atoms with E-state index in [9.17, 15) is 19.7 Å². The Morgan fingerprint density at radius 1 is 0.974 bits per heavy atom. The molecular formula is C30H24BrN3O4S. The van der Waals surface area contributed by atoms with E-state index < -0.39 is 4.92 Å². The van der Waals surface area contributed by atoms with Crippen LogP contribution in [0.2, 0.25) is 0 Å². The molecule has 1 unspecified atom stereocenters. The van der Waals surface area contributed by atoms with Crippen LogP contribution >= 0.6 is 27.7 Å². The first-order valence-electron chi connectivity index (χ1n) is 12.3. The van der Waals surface area contributed by atoms with Crippen LogP contribution in [0.25, 0.3) is 0 Å². The maximum Gasteiger partial charge on any atom is 0.274 e. The van der Waals surface area contributed by atoms with Gasteiger partial charge in [0.1, 0.15) is 0 Å². The van der Waals surface area contributed by atoms with Crippen LogP contribution in [0.5, 0.6) is 0 Å². The van der Waals surface area contributed by atoms with E-state index in [0.29, 0.717) is 17.7 Å². The normalized spacial score (nSPS) is 14.8. The number of halogens is 1. The number of anilines is 1. The lowest BCUT2D eigenvalue weighted by atomic mass is 10.1. The van der Waals surface area contributed by atoms with E-state index in [-0.39, 0.29) is 35.7 Å². The molecule has 0 bridgehead atoms. The maximum absolute atomic E-state index is 13.5. The first kappa shape index (κ1) is 26.6. The molecule has 0 aliphatic carbocycles. The largest absolute Gasteiger partial charge is 0.348 e. The van der Waals surface area contributed by atoms with Gasteiger partial charge < -0.3 is 10.2 Å². The van der Waals surface area contributed by atoms with Gasteiger partial charge in [0, 0.05) is 44.8 Å². The highest BCUT2D eigenvalue weighted by Gasteiger charge is 2.30. The van der Waals surface area contributed by atoms with Crippen LogP contribution in [-0.2, 0) is 17.9 Å². The third kappa shape index (κ3) is 6.21. The molecular weight excluding hydrogens is 578 g/mol. The SMILES string of the molecule is O=C(NCc1ccc(Br)cc1)c1ccc(C2CC(=O)N(Cc3ccccc3[N+](=O)[O-])c3ccccc3S2)cc1. The molecule has 1 aliphatic heterocycles.